The van der Waals surface area contributed by atoms with Crippen molar-refractivity contribution in [1.82, 2.24) is 5.32 Å². The van der Waals surface area contributed by atoms with Crippen molar-refractivity contribution in [1.29, 1.82) is 5.26 Å². The van der Waals surface area contributed by atoms with Gasteiger partial charge in [0.05, 0.1) is 6.07 Å². The minimum Gasteiger partial charge on any atom is -0.381 e. The maximum Gasteiger partial charge on any atom is 0.109 e. The fourth-order valence-electron chi connectivity index (χ4n) is 2.90. The molecule has 0 spiro atoms. The van der Waals surface area contributed by atoms with Crippen molar-refractivity contribution in [3.8, 4) is 6.07 Å². The molecule has 2 fully saturated rings. The molecule has 1 N–H and O–H groups in total. The largest absolute Gasteiger partial charge is 0.381 e. The van der Waals surface area contributed by atoms with Gasteiger partial charge in [0, 0.05) is 19.3 Å². The topological polar surface area (TPSA) is 45.0 Å². The minimum atomic E-state index is -0.239. The molecule has 0 bridgehead atoms. The van der Waals surface area contributed by atoms with Crippen LogP contribution >= 0.6 is 0 Å². The van der Waals surface area contributed by atoms with E-state index in [0.29, 0.717) is 12.0 Å². The van der Waals surface area contributed by atoms with E-state index in [0.717, 1.165) is 32.5 Å². The van der Waals surface area contributed by atoms with E-state index in [1.807, 2.05) is 0 Å². The fraction of sp³-hybridized carbons (Fsp3) is 0.929. The molecule has 2 saturated carbocycles. The second-order valence-electron chi connectivity index (χ2n) is 5.49. The van der Waals surface area contributed by atoms with Gasteiger partial charge in [-0.3, -0.25) is 5.32 Å². The molecule has 0 radical (unpaired) electrons. The van der Waals surface area contributed by atoms with Crippen LogP contribution in [-0.2, 0) is 4.74 Å². The van der Waals surface area contributed by atoms with Gasteiger partial charge in [0.15, 0.2) is 0 Å². The molecule has 2 aliphatic carbocycles. The van der Waals surface area contributed by atoms with Crippen LogP contribution in [0, 0.1) is 17.2 Å². The quantitative estimate of drug-likeness (QED) is 0.691. The molecule has 2 aliphatic rings. The Kier molecular flexibility index (Phi) is 4.42. The molecule has 2 atom stereocenters. The zero-order valence-electron chi connectivity index (χ0n) is 10.9. The third kappa shape index (κ3) is 3.20. The zero-order chi connectivity index (χ0) is 12.1. The Morgan fingerprint density at radius 2 is 2.18 bits per heavy atom. The van der Waals surface area contributed by atoms with Gasteiger partial charge in [-0.15, -0.1) is 0 Å². The first-order chi connectivity index (χ1) is 8.30. The molecule has 0 aromatic carbocycles. The lowest BCUT2D eigenvalue weighted by atomic mass is 9.86. The van der Waals surface area contributed by atoms with Crippen molar-refractivity contribution in [3.05, 3.63) is 0 Å². The Balaban J connectivity index is 1.83. The lowest BCUT2D eigenvalue weighted by molar-refractivity contribution is 0.111. The highest BCUT2D eigenvalue weighted by Crippen LogP contribution is 2.40. The van der Waals surface area contributed by atoms with E-state index >= 15 is 0 Å². The predicted octanol–water partition coefficient (Wildman–Crippen LogP) is 2.62. The van der Waals surface area contributed by atoms with Gasteiger partial charge in [-0.05, 0) is 44.4 Å². The molecule has 0 heterocycles. The smallest absolute Gasteiger partial charge is 0.109 e. The van der Waals surface area contributed by atoms with Gasteiger partial charge < -0.3 is 4.74 Å². The number of hydrogen-bond acceptors (Lipinski definition) is 3. The number of nitrogens with one attached hydrogen (secondary N) is 1. The first kappa shape index (κ1) is 12.9. The fourth-order valence-corrected chi connectivity index (χ4v) is 2.90. The summed E-state index contributed by atoms with van der Waals surface area (Å²) >= 11 is 0. The van der Waals surface area contributed by atoms with Crippen LogP contribution in [0.2, 0.25) is 0 Å². The van der Waals surface area contributed by atoms with E-state index in [2.05, 4.69) is 18.3 Å². The summed E-state index contributed by atoms with van der Waals surface area (Å²) in [6.07, 6.45) is 8.01. The summed E-state index contributed by atoms with van der Waals surface area (Å²) in [6.45, 7) is 3.79. The number of rotatable bonds is 7. The van der Waals surface area contributed by atoms with Gasteiger partial charge in [0.2, 0.25) is 0 Å². The molecular weight excluding hydrogens is 212 g/mol. The Hall–Kier alpha value is -0.590. The Bertz CT molecular complexity index is 282. The van der Waals surface area contributed by atoms with Crippen molar-refractivity contribution in [2.75, 3.05) is 13.2 Å². The van der Waals surface area contributed by atoms with E-state index in [1.54, 1.807) is 0 Å². The average molecular weight is 236 g/mol. The maximum absolute atomic E-state index is 9.51. The first-order valence-electron chi connectivity index (χ1n) is 7.07. The van der Waals surface area contributed by atoms with Crippen LogP contribution < -0.4 is 5.32 Å². The van der Waals surface area contributed by atoms with Gasteiger partial charge in [-0.2, -0.15) is 5.26 Å². The highest BCUT2D eigenvalue weighted by Gasteiger charge is 2.45. The summed E-state index contributed by atoms with van der Waals surface area (Å²) in [6, 6.07) is 3.19. The summed E-state index contributed by atoms with van der Waals surface area (Å²) in [5.41, 5.74) is -0.239. The minimum absolute atomic E-state index is 0.239. The zero-order valence-corrected chi connectivity index (χ0v) is 10.9. The van der Waals surface area contributed by atoms with Crippen molar-refractivity contribution < 1.29 is 4.74 Å². The Morgan fingerprint density at radius 1 is 1.35 bits per heavy atom. The molecule has 2 unspecified atom stereocenters. The molecule has 0 saturated heterocycles. The lowest BCUT2D eigenvalue weighted by Gasteiger charge is -2.30. The van der Waals surface area contributed by atoms with Crippen LogP contribution in [-0.4, -0.2) is 24.8 Å². The van der Waals surface area contributed by atoms with Crippen LogP contribution in [0.25, 0.3) is 0 Å². The van der Waals surface area contributed by atoms with Crippen molar-refractivity contribution in [3.63, 3.8) is 0 Å². The average Bonchev–Trinajstić information content (AvgIpc) is 3.06. The third-order valence-electron chi connectivity index (χ3n) is 4.02. The van der Waals surface area contributed by atoms with E-state index < -0.39 is 0 Å². The molecular formula is C14H24N2O. The van der Waals surface area contributed by atoms with Gasteiger partial charge in [0.1, 0.15) is 5.54 Å². The Morgan fingerprint density at radius 3 is 2.82 bits per heavy atom. The SMILES string of the molecule is CCCOCCC1CCCC1(C#N)NC1CC1. The van der Waals surface area contributed by atoms with Crippen LogP contribution in [0.5, 0.6) is 0 Å². The van der Waals surface area contributed by atoms with Crippen molar-refractivity contribution in [2.24, 2.45) is 5.92 Å². The highest BCUT2D eigenvalue weighted by molar-refractivity contribution is 5.16. The van der Waals surface area contributed by atoms with Crippen molar-refractivity contribution >= 4 is 0 Å². The van der Waals surface area contributed by atoms with Crippen molar-refractivity contribution in [2.45, 2.75) is 63.5 Å². The molecule has 0 aromatic rings. The second kappa shape index (κ2) is 5.84. The molecule has 0 aliphatic heterocycles. The van der Waals surface area contributed by atoms with E-state index in [-0.39, 0.29) is 5.54 Å². The van der Waals surface area contributed by atoms with E-state index in [4.69, 9.17) is 4.74 Å². The van der Waals surface area contributed by atoms with Gasteiger partial charge >= 0.3 is 0 Å². The maximum atomic E-state index is 9.51. The van der Waals surface area contributed by atoms with Gasteiger partial charge in [0.25, 0.3) is 0 Å². The molecule has 0 aromatic heterocycles. The number of hydrogen-bond donors (Lipinski definition) is 1. The second-order valence-corrected chi connectivity index (χ2v) is 5.49. The monoisotopic (exact) mass is 236 g/mol. The summed E-state index contributed by atoms with van der Waals surface area (Å²) in [5, 5.41) is 13.1. The molecule has 3 nitrogen and oxygen atoms in total. The molecule has 96 valence electrons. The summed E-state index contributed by atoms with van der Waals surface area (Å²) in [4.78, 5) is 0. The Labute approximate surface area is 105 Å². The van der Waals surface area contributed by atoms with E-state index in [9.17, 15) is 5.26 Å². The lowest BCUT2D eigenvalue weighted by Crippen LogP contribution is -2.48. The third-order valence-corrected chi connectivity index (χ3v) is 4.02. The van der Waals surface area contributed by atoms with E-state index in [1.165, 1.54) is 25.7 Å². The molecule has 3 heteroatoms. The highest BCUT2D eigenvalue weighted by atomic mass is 16.5. The number of nitriles is 1. The normalized spacial score (nSPS) is 32.6. The van der Waals surface area contributed by atoms with Crippen LogP contribution in [0.15, 0.2) is 0 Å². The molecule has 17 heavy (non-hydrogen) atoms. The molecule has 0 amide bonds. The van der Waals surface area contributed by atoms with Gasteiger partial charge in [-0.25, -0.2) is 0 Å². The van der Waals surface area contributed by atoms with Crippen LogP contribution in [0.3, 0.4) is 0 Å². The molecule has 2 rings (SSSR count). The summed E-state index contributed by atoms with van der Waals surface area (Å²) < 4.78 is 5.57. The number of ether oxygens (including phenoxy) is 1. The number of nitrogens with zero attached hydrogens (tertiary/aromatic N) is 1. The first-order valence-corrected chi connectivity index (χ1v) is 7.07. The van der Waals surface area contributed by atoms with Crippen LogP contribution in [0.4, 0.5) is 0 Å². The summed E-state index contributed by atoms with van der Waals surface area (Å²) in [5.74, 6) is 0.491. The standard InChI is InChI=1S/C14H24N2O/c1-2-9-17-10-7-12-4-3-8-14(12,11-15)16-13-5-6-13/h12-13,16H,2-10H2,1H3. The summed E-state index contributed by atoms with van der Waals surface area (Å²) in [7, 11) is 0. The van der Waals surface area contributed by atoms with Crippen LogP contribution in [0.1, 0.15) is 51.9 Å². The van der Waals surface area contributed by atoms with Gasteiger partial charge in [-0.1, -0.05) is 13.3 Å². The predicted molar refractivity (Wildman–Crippen MR) is 67.6 cm³/mol.